The van der Waals surface area contributed by atoms with Crippen LogP contribution in [-0.2, 0) is 6.42 Å². The Bertz CT molecular complexity index is 772. The van der Waals surface area contributed by atoms with Crippen LogP contribution in [-0.4, -0.2) is 33.2 Å². The largest absolute Gasteiger partial charge is 0.508 e. The van der Waals surface area contributed by atoms with Crippen molar-refractivity contribution < 1.29 is 28.8 Å². The zero-order chi connectivity index (χ0) is 17.8. The highest BCUT2D eigenvalue weighted by Crippen LogP contribution is 2.39. The molecule has 6 heteroatoms. The van der Waals surface area contributed by atoms with E-state index in [9.17, 15) is 5.11 Å². The standard InChI is InChI=1S/C19H20O6/c1-21-17-7-12(8-18(22-2)19(17)23-3)5-4-6-13-9-15-16(10-14(13)20)25-11-24-15/h4-5,7-10,20H,6,11H2,1-3H3/b5-4-. The number of phenols is 1. The van der Waals surface area contributed by atoms with Crippen LogP contribution < -0.4 is 23.7 Å². The minimum atomic E-state index is 0.179. The molecule has 0 bridgehead atoms. The molecule has 1 heterocycles. The van der Waals surface area contributed by atoms with Crippen LogP contribution in [0.1, 0.15) is 11.1 Å². The number of fused-ring (bicyclic) bond motifs is 1. The summed E-state index contributed by atoms with van der Waals surface area (Å²) in [7, 11) is 4.73. The number of phenolic OH excluding ortho intramolecular Hbond substituents is 1. The lowest BCUT2D eigenvalue weighted by molar-refractivity contribution is 0.174. The molecular weight excluding hydrogens is 324 g/mol. The Kier molecular flexibility index (Phi) is 4.88. The Labute approximate surface area is 146 Å². The van der Waals surface area contributed by atoms with Crippen LogP contribution in [0.2, 0.25) is 0 Å². The second-order valence-electron chi connectivity index (χ2n) is 5.40. The van der Waals surface area contributed by atoms with E-state index < -0.39 is 0 Å². The van der Waals surface area contributed by atoms with Crippen LogP contribution in [0.15, 0.2) is 30.3 Å². The molecular formula is C19H20O6. The number of methoxy groups -OCH3 is 3. The fourth-order valence-corrected chi connectivity index (χ4v) is 2.66. The summed E-state index contributed by atoms with van der Waals surface area (Å²) < 4.78 is 26.6. The lowest BCUT2D eigenvalue weighted by Crippen LogP contribution is -1.95. The SMILES string of the molecule is COc1cc(/C=C\Cc2cc3c(cc2O)OCO3)cc(OC)c1OC. The van der Waals surface area contributed by atoms with Gasteiger partial charge < -0.3 is 28.8 Å². The van der Waals surface area contributed by atoms with Crippen molar-refractivity contribution in [1.29, 1.82) is 0 Å². The van der Waals surface area contributed by atoms with Gasteiger partial charge in [-0.3, -0.25) is 0 Å². The molecule has 1 aliphatic rings. The Balaban J connectivity index is 1.81. The lowest BCUT2D eigenvalue weighted by atomic mass is 10.1. The first kappa shape index (κ1) is 16.8. The third-order valence-electron chi connectivity index (χ3n) is 3.91. The minimum Gasteiger partial charge on any atom is -0.508 e. The smallest absolute Gasteiger partial charge is 0.231 e. The summed E-state index contributed by atoms with van der Waals surface area (Å²) in [5.74, 6) is 3.12. The molecule has 132 valence electrons. The van der Waals surface area contributed by atoms with Gasteiger partial charge in [0.2, 0.25) is 12.5 Å². The van der Waals surface area contributed by atoms with Crippen LogP contribution >= 0.6 is 0 Å². The maximum Gasteiger partial charge on any atom is 0.231 e. The predicted molar refractivity (Wildman–Crippen MR) is 93.1 cm³/mol. The fraction of sp³-hybridized carbons (Fsp3) is 0.263. The van der Waals surface area contributed by atoms with Crippen molar-refractivity contribution in [1.82, 2.24) is 0 Å². The topological polar surface area (TPSA) is 66.4 Å². The first-order chi connectivity index (χ1) is 12.2. The molecule has 6 nitrogen and oxygen atoms in total. The molecule has 0 fully saturated rings. The molecule has 25 heavy (non-hydrogen) atoms. The predicted octanol–water partition coefficient (Wildman–Crippen LogP) is 3.40. The molecule has 0 saturated heterocycles. The van der Waals surface area contributed by atoms with E-state index in [0.29, 0.717) is 35.2 Å². The molecule has 2 aromatic rings. The van der Waals surface area contributed by atoms with Gasteiger partial charge >= 0.3 is 0 Å². The van der Waals surface area contributed by atoms with E-state index in [2.05, 4.69) is 0 Å². The Hall–Kier alpha value is -3.02. The Morgan fingerprint density at radius 1 is 0.960 bits per heavy atom. The highest BCUT2D eigenvalue weighted by Gasteiger charge is 2.16. The summed E-state index contributed by atoms with van der Waals surface area (Å²) in [4.78, 5) is 0. The van der Waals surface area contributed by atoms with E-state index >= 15 is 0 Å². The second-order valence-corrected chi connectivity index (χ2v) is 5.40. The first-order valence-electron chi connectivity index (χ1n) is 7.74. The first-order valence-corrected chi connectivity index (χ1v) is 7.74. The molecule has 1 N–H and O–H groups in total. The maximum absolute atomic E-state index is 10.1. The van der Waals surface area contributed by atoms with Crippen LogP contribution in [0.3, 0.4) is 0 Å². The summed E-state index contributed by atoms with van der Waals surface area (Å²) in [5, 5.41) is 10.1. The van der Waals surface area contributed by atoms with Crippen LogP contribution in [0.5, 0.6) is 34.5 Å². The van der Waals surface area contributed by atoms with Crippen LogP contribution in [0, 0.1) is 0 Å². The van der Waals surface area contributed by atoms with E-state index in [1.165, 1.54) is 0 Å². The van der Waals surface area contributed by atoms with Gasteiger partial charge in [0.05, 0.1) is 21.3 Å². The third-order valence-corrected chi connectivity index (χ3v) is 3.91. The van der Waals surface area contributed by atoms with Gasteiger partial charge in [0, 0.05) is 11.6 Å². The summed E-state index contributed by atoms with van der Waals surface area (Å²) in [6.07, 6.45) is 4.41. The summed E-state index contributed by atoms with van der Waals surface area (Å²) in [5.41, 5.74) is 1.66. The van der Waals surface area contributed by atoms with E-state index in [1.807, 2.05) is 24.3 Å². The van der Waals surface area contributed by atoms with Crippen molar-refractivity contribution in [3.05, 3.63) is 41.5 Å². The van der Waals surface area contributed by atoms with Gasteiger partial charge in [-0.25, -0.2) is 0 Å². The van der Waals surface area contributed by atoms with Gasteiger partial charge in [0.15, 0.2) is 23.0 Å². The number of hydrogen-bond donors (Lipinski definition) is 1. The number of benzene rings is 2. The van der Waals surface area contributed by atoms with Gasteiger partial charge in [-0.05, 0) is 30.2 Å². The molecule has 0 radical (unpaired) electrons. The van der Waals surface area contributed by atoms with E-state index in [1.54, 1.807) is 33.5 Å². The summed E-state index contributed by atoms with van der Waals surface area (Å²) in [6.45, 7) is 0.180. The van der Waals surface area contributed by atoms with Crippen molar-refractivity contribution in [3.63, 3.8) is 0 Å². The average molecular weight is 344 g/mol. The number of hydrogen-bond acceptors (Lipinski definition) is 6. The second kappa shape index (κ2) is 7.25. The number of allylic oxidation sites excluding steroid dienone is 1. The van der Waals surface area contributed by atoms with Crippen molar-refractivity contribution in [3.8, 4) is 34.5 Å². The highest BCUT2D eigenvalue weighted by molar-refractivity contribution is 5.62. The summed E-state index contributed by atoms with van der Waals surface area (Å²) in [6, 6.07) is 7.08. The normalized spacial score (nSPS) is 12.4. The van der Waals surface area contributed by atoms with E-state index in [0.717, 1.165) is 11.1 Å². The van der Waals surface area contributed by atoms with Gasteiger partial charge in [-0.15, -0.1) is 0 Å². The highest BCUT2D eigenvalue weighted by atomic mass is 16.7. The van der Waals surface area contributed by atoms with Crippen LogP contribution in [0.25, 0.3) is 6.08 Å². The number of aromatic hydroxyl groups is 1. The Morgan fingerprint density at radius 2 is 1.60 bits per heavy atom. The van der Waals surface area contributed by atoms with E-state index in [4.69, 9.17) is 23.7 Å². The molecule has 0 saturated carbocycles. The average Bonchev–Trinajstić information content (AvgIpc) is 3.07. The zero-order valence-corrected chi connectivity index (χ0v) is 14.4. The molecule has 0 aliphatic carbocycles. The number of ether oxygens (including phenoxy) is 5. The van der Waals surface area contributed by atoms with Crippen molar-refractivity contribution in [2.24, 2.45) is 0 Å². The van der Waals surface area contributed by atoms with Gasteiger partial charge in [0.1, 0.15) is 5.75 Å². The maximum atomic E-state index is 10.1. The molecule has 0 amide bonds. The Morgan fingerprint density at radius 3 is 2.20 bits per heavy atom. The zero-order valence-electron chi connectivity index (χ0n) is 14.4. The van der Waals surface area contributed by atoms with E-state index in [-0.39, 0.29) is 12.5 Å². The lowest BCUT2D eigenvalue weighted by Gasteiger charge is -2.12. The number of rotatable bonds is 6. The van der Waals surface area contributed by atoms with Gasteiger partial charge in [0.25, 0.3) is 0 Å². The molecule has 1 aliphatic heterocycles. The molecule has 0 aromatic heterocycles. The summed E-state index contributed by atoms with van der Waals surface area (Å²) >= 11 is 0. The van der Waals surface area contributed by atoms with Crippen molar-refractivity contribution in [2.45, 2.75) is 6.42 Å². The molecule has 2 aromatic carbocycles. The monoisotopic (exact) mass is 344 g/mol. The minimum absolute atomic E-state index is 0.179. The molecule has 0 unspecified atom stereocenters. The fourth-order valence-electron chi connectivity index (χ4n) is 2.66. The molecule has 0 spiro atoms. The van der Waals surface area contributed by atoms with Crippen molar-refractivity contribution in [2.75, 3.05) is 28.1 Å². The van der Waals surface area contributed by atoms with Gasteiger partial charge in [-0.1, -0.05) is 12.2 Å². The molecule has 3 rings (SSSR count). The third kappa shape index (κ3) is 3.42. The molecule has 0 atom stereocenters. The quantitative estimate of drug-likeness (QED) is 0.866. The van der Waals surface area contributed by atoms with Crippen LogP contribution in [0.4, 0.5) is 0 Å². The van der Waals surface area contributed by atoms with Gasteiger partial charge in [-0.2, -0.15) is 0 Å². The van der Waals surface area contributed by atoms with Crippen molar-refractivity contribution >= 4 is 6.08 Å².